The molecule has 0 radical (unpaired) electrons. The van der Waals surface area contributed by atoms with Crippen molar-refractivity contribution in [3.8, 4) is 0 Å². The zero-order valence-electron chi connectivity index (χ0n) is 18.1. The molecule has 4 heterocycles. The van der Waals surface area contributed by atoms with E-state index in [1.165, 1.54) is 0 Å². The summed E-state index contributed by atoms with van der Waals surface area (Å²) < 4.78 is 35.3. The topological polar surface area (TPSA) is 50.6 Å². The molecule has 9 heteroatoms. The van der Waals surface area contributed by atoms with Gasteiger partial charge in [-0.05, 0) is 42.5 Å². The van der Waals surface area contributed by atoms with E-state index in [0.717, 1.165) is 45.6 Å². The van der Waals surface area contributed by atoms with Gasteiger partial charge < -0.3 is 14.5 Å². The van der Waals surface area contributed by atoms with Crippen molar-refractivity contribution in [2.24, 2.45) is 5.92 Å². The van der Waals surface area contributed by atoms with Crippen LogP contribution in [0, 0.1) is 5.92 Å². The lowest BCUT2D eigenvalue weighted by Gasteiger charge is -2.36. The predicted molar refractivity (Wildman–Crippen MR) is 120 cm³/mol. The molecule has 0 spiro atoms. The van der Waals surface area contributed by atoms with Crippen LogP contribution in [-0.2, 0) is 28.9 Å². The Morgan fingerprint density at radius 3 is 2.94 bits per heavy atom. The standard InChI is InChI=1S/C23H27BrF2N4O2/c1-14(31)28-6-4-21-19(12-28)23(27-30(21)18-5-7-32-13-18)29-11-15(9-22(25)26)8-16-10-17(24)2-3-20(16)29/h2-3,10,15,18,22H,4-9,11-13H2,1H3. The van der Waals surface area contributed by atoms with Crippen molar-refractivity contribution in [2.75, 3.05) is 31.2 Å². The minimum Gasteiger partial charge on any atom is -0.379 e. The smallest absolute Gasteiger partial charge is 0.239 e. The van der Waals surface area contributed by atoms with Gasteiger partial charge in [0.25, 0.3) is 0 Å². The summed E-state index contributed by atoms with van der Waals surface area (Å²) in [6.07, 6.45) is -0.219. The van der Waals surface area contributed by atoms with Crippen molar-refractivity contribution in [1.82, 2.24) is 14.7 Å². The van der Waals surface area contributed by atoms with Gasteiger partial charge in [-0.3, -0.25) is 9.48 Å². The first kappa shape index (κ1) is 21.8. The van der Waals surface area contributed by atoms with Crippen LogP contribution in [0.25, 0.3) is 0 Å². The van der Waals surface area contributed by atoms with Gasteiger partial charge in [0.05, 0.1) is 19.2 Å². The van der Waals surface area contributed by atoms with Crippen LogP contribution in [-0.4, -0.2) is 53.3 Å². The number of fused-ring (bicyclic) bond motifs is 2. The maximum atomic E-state index is 13.3. The molecule has 2 unspecified atom stereocenters. The molecule has 0 N–H and O–H groups in total. The highest BCUT2D eigenvalue weighted by molar-refractivity contribution is 9.10. The van der Waals surface area contributed by atoms with E-state index in [9.17, 15) is 13.6 Å². The molecule has 0 bridgehead atoms. The molecule has 6 nitrogen and oxygen atoms in total. The van der Waals surface area contributed by atoms with Crippen molar-refractivity contribution in [3.63, 3.8) is 0 Å². The van der Waals surface area contributed by atoms with Gasteiger partial charge in [-0.25, -0.2) is 8.78 Å². The molecular formula is C23H27BrF2N4O2. The summed E-state index contributed by atoms with van der Waals surface area (Å²) in [5.74, 6) is 0.664. The predicted octanol–water partition coefficient (Wildman–Crippen LogP) is 4.48. The number of aromatic nitrogens is 2. The summed E-state index contributed by atoms with van der Waals surface area (Å²) in [6, 6.07) is 6.21. The number of halogens is 3. The van der Waals surface area contributed by atoms with E-state index in [1.54, 1.807) is 6.92 Å². The maximum absolute atomic E-state index is 13.3. The monoisotopic (exact) mass is 508 g/mol. The minimum absolute atomic E-state index is 0.0390. The molecule has 1 aromatic carbocycles. The van der Waals surface area contributed by atoms with Crippen LogP contribution in [0.2, 0.25) is 0 Å². The minimum atomic E-state index is -2.34. The number of amides is 1. The molecule has 1 fully saturated rings. The van der Waals surface area contributed by atoms with E-state index in [4.69, 9.17) is 9.84 Å². The highest BCUT2D eigenvalue weighted by Crippen LogP contribution is 2.42. The van der Waals surface area contributed by atoms with Gasteiger partial charge in [-0.15, -0.1) is 0 Å². The molecule has 0 saturated carbocycles. The number of nitrogens with zero attached hydrogens (tertiary/aromatic N) is 4. The first-order chi connectivity index (χ1) is 15.4. The Bertz CT molecular complexity index is 1020. The van der Waals surface area contributed by atoms with Crippen LogP contribution in [0.5, 0.6) is 0 Å². The van der Waals surface area contributed by atoms with Gasteiger partial charge in [0.2, 0.25) is 12.3 Å². The average molecular weight is 509 g/mol. The third-order valence-electron chi connectivity index (χ3n) is 6.81. The van der Waals surface area contributed by atoms with Crippen molar-refractivity contribution >= 4 is 33.3 Å². The number of hydrogen-bond donors (Lipinski definition) is 0. The quantitative estimate of drug-likeness (QED) is 0.610. The summed E-state index contributed by atoms with van der Waals surface area (Å²) in [6.45, 7) is 4.58. The fraction of sp³-hybridized carbons (Fsp3) is 0.565. The molecular weight excluding hydrogens is 482 g/mol. The highest BCUT2D eigenvalue weighted by Gasteiger charge is 2.35. The number of alkyl halides is 2. The molecule has 32 heavy (non-hydrogen) atoms. The Balaban J connectivity index is 1.60. The Labute approximate surface area is 194 Å². The molecule has 2 atom stereocenters. The molecule has 3 aliphatic rings. The molecule has 1 aromatic heterocycles. The molecule has 1 saturated heterocycles. The SMILES string of the molecule is CC(=O)N1CCc2c(c(N3CC(CC(F)F)Cc4cc(Br)ccc43)nn2C2CCOC2)C1. The zero-order chi connectivity index (χ0) is 22.4. The van der Waals surface area contributed by atoms with Gasteiger partial charge in [0.15, 0.2) is 5.82 Å². The lowest BCUT2D eigenvalue weighted by atomic mass is 9.90. The van der Waals surface area contributed by atoms with Crippen LogP contribution < -0.4 is 4.90 Å². The summed E-state index contributed by atoms with van der Waals surface area (Å²) >= 11 is 3.53. The first-order valence-corrected chi connectivity index (χ1v) is 12.0. The fourth-order valence-corrected chi connectivity index (χ4v) is 5.66. The Hall–Kier alpha value is -2.00. The second-order valence-corrected chi connectivity index (χ2v) is 9.90. The van der Waals surface area contributed by atoms with E-state index >= 15 is 0 Å². The van der Waals surface area contributed by atoms with Crippen molar-refractivity contribution in [2.45, 2.75) is 51.6 Å². The summed E-state index contributed by atoms with van der Waals surface area (Å²) in [5.41, 5.74) is 4.23. The largest absolute Gasteiger partial charge is 0.379 e. The molecule has 1 amide bonds. The molecule has 0 aliphatic carbocycles. The van der Waals surface area contributed by atoms with Crippen molar-refractivity contribution in [3.05, 3.63) is 39.5 Å². The summed E-state index contributed by atoms with van der Waals surface area (Å²) in [7, 11) is 0. The number of anilines is 2. The summed E-state index contributed by atoms with van der Waals surface area (Å²) in [5, 5.41) is 5.05. The van der Waals surface area contributed by atoms with Gasteiger partial charge in [-0.1, -0.05) is 15.9 Å². The number of ether oxygens (including phenoxy) is 1. The third-order valence-corrected chi connectivity index (χ3v) is 7.30. The zero-order valence-corrected chi connectivity index (χ0v) is 19.7. The van der Waals surface area contributed by atoms with Crippen LogP contribution in [0.1, 0.15) is 42.6 Å². The highest BCUT2D eigenvalue weighted by atomic mass is 79.9. The first-order valence-electron chi connectivity index (χ1n) is 11.2. The van der Waals surface area contributed by atoms with E-state index in [2.05, 4.69) is 25.5 Å². The fourth-order valence-electron chi connectivity index (χ4n) is 5.25. The van der Waals surface area contributed by atoms with Crippen LogP contribution in [0.15, 0.2) is 22.7 Å². The number of carbonyl (C=O) groups is 1. The lowest BCUT2D eigenvalue weighted by molar-refractivity contribution is -0.129. The van der Waals surface area contributed by atoms with Crippen LogP contribution >= 0.6 is 15.9 Å². The van der Waals surface area contributed by atoms with Crippen molar-refractivity contribution < 1.29 is 18.3 Å². The number of hydrogen-bond acceptors (Lipinski definition) is 4. The van der Waals surface area contributed by atoms with E-state index < -0.39 is 6.43 Å². The maximum Gasteiger partial charge on any atom is 0.239 e. The average Bonchev–Trinajstić information content (AvgIpc) is 3.39. The van der Waals surface area contributed by atoms with Crippen LogP contribution in [0.3, 0.4) is 0 Å². The summed E-state index contributed by atoms with van der Waals surface area (Å²) in [4.78, 5) is 16.1. The Kier molecular flexibility index (Phi) is 5.96. The van der Waals surface area contributed by atoms with Crippen LogP contribution in [0.4, 0.5) is 20.3 Å². The van der Waals surface area contributed by atoms with E-state index in [0.29, 0.717) is 39.3 Å². The van der Waals surface area contributed by atoms with E-state index in [1.807, 2.05) is 23.1 Å². The molecule has 3 aliphatic heterocycles. The third kappa shape index (κ3) is 4.05. The van der Waals surface area contributed by atoms with Gasteiger partial charge >= 0.3 is 0 Å². The normalized spacial score (nSPS) is 22.9. The second kappa shape index (κ2) is 8.74. The molecule has 2 aromatic rings. The molecule has 5 rings (SSSR count). The lowest BCUT2D eigenvalue weighted by Crippen LogP contribution is -2.37. The van der Waals surface area contributed by atoms with Crippen molar-refractivity contribution in [1.29, 1.82) is 0 Å². The number of rotatable bonds is 4. The Morgan fingerprint density at radius 2 is 2.22 bits per heavy atom. The second-order valence-electron chi connectivity index (χ2n) is 8.98. The molecule has 172 valence electrons. The number of carbonyl (C=O) groups excluding carboxylic acids is 1. The number of benzene rings is 1. The van der Waals surface area contributed by atoms with E-state index in [-0.39, 0.29) is 24.3 Å². The van der Waals surface area contributed by atoms with Gasteiger partial charge in [0.1, 0.15) is 0 Å². The van der Waals surface area contributed by atoms with Gasteiger partial charge in [-0.2, -0.15) is 5.10 Å². The van der Waals surface area contributed by atoms with Gasteiger partial charge in [0, 0.05) is 60.9 Å². The Morgan fingerprint density at radius 1 is 1.38 bits per heavy atom.